The van der Waals surface area contributed by atoms with Crippen LogP contribution in [0.3, 0.4) is 0 Å². The zero-order valence-corrected chi connectivity index (χ0v) is 11.3. The minimum Gasteiger partial charge on any atom is -0.353 e. The Morgan fingerprint density at radius 2 is 2.00 bits per heavy atom. The average molecular weight is 262 g/mol. The fraction of sp³-hybridized carbons (Fsp3) is 0.909. The standard InChI is InChI=1S/C11H18O5S/c1-6(12)17-5-7-8-9(10(13-4)14-7)16-11(2,3)15-8/h7-10H,5H2,1-4H3/t7-,8-,9-,10-/m1/s1. The molecular weight excluding hydrogens is 244 g/mol. The summed E-state index contributed by atoms with van der Waals surface area (Å²) in [6.45, 7) is 5.28. The van der Waals surface area contributed by atoms with E-state index in [1.54, 1.807) is 14.0 Å². The number of hydrogen-bond donors (Lipinski definition) is 0. The quantitative estimate of drug-likeness (QED) is 0.760. The second kappa shape index (κ2) is 4.85. The van der Waals surface area contributed by atoms with Crippen molar-refractivity contribution >= 4 is 16.9 Å². The van der Waals surface area contributed by atoms with Gasteiger partial charge in [0, 0.05) is 19.8 Å². The van der Waals surface area contributed by atoms with Crippen LogP contribution in [0.2, 0.25) is 0 Å². The molecule has 0 aliphatic carbocycles. The van der Waals surface area contributed by atoms with Gasteiger partial charge in [-0.25, -0.2) is 0 Å². The molecule has 0 aromatic heterocycles. The number of rotatable bonds is 3. The van der Waals surface area contributed by atoms with Crippen LogP contribution in [-0.4, -0.2) is 48.4 Å². The van der Waals surface area contributed by atoms with Gasteiger partial charge in [-0.15, -0.1) is 0 Å². The van der Waals surface area contributed by atoms with Gasteiger partial charge in [0.25, 0.3) is 0 Å². The van der Waals surface area contributed by atoms with E-state index in [0.717, 1.165) is 0 Å². The molecule has 0 aromatic rings. The number of hydrogen-bond acceptors (Lipinski definition) is 6. The van der Waals surface area contributed by atoms with E-state index in [4.69, 9.17) is 18.9 Å². The summed E-state index contributed by atoms with van der Waals surface area (Å²) in [5, 5.41) is 0.0733. The van der Waals surface area contributed by atoms with Crippen molar-refractivity contribution in [2.45, 2.75) is 51.2 Å². The Balaban J connectivity index is 2.02. The Hall–Kier alpha value is -0.140. The monoisotopic (exact) mass is 262 g/mol. The van der Waals surface area contributed by atoms with Crippen LogP contribution in [0, 0.1) is 0 Å². The van der Waals surface area contributed by atoms with Gasteiger partial charge in [-0.3, -0.25) is 4.79 Å². The SMILES string of the molecule is CO[C@@H]1O[C@H](CSC(C)=O)[C@H]2OC(C)(C)O[C@@H]12. The van der Waals surface area contributed by atoms with E-state index >= 15 is 0 Å². The van der Waals surface area contributed by atoms with Crippen molar-refractivity contribution in [3.8, 4) is 0 Å². The van der Waals surface area contributed by atoms with Crippen LogP contribution in [0.5, 0.6) is 0 Å². The fourth-order valence-electron chi connectivity index (χ4n) is 2.17. The van der Waals surface area contributed by atoms with Gasteiger partial charge < -0.3 is 18.9 Å². The molecule has 0 radical (unpaired) electrons. The largest absolute Gasteiger partial charge is 0.353 e. The molecule has 0 spiro atoms. The van der Waals surface area contributed by atoms with Crippen LogP contribution in [0.1, 0.15) is 20.8 Å². The topological polar surface area (TPSA) is 54.0 Å². The van der Waals surface area contributed by atoms with E-state index < -0.39 is 12.1 Å². The zero-order valence-electron chi connectivity index (χ0n) is 10.5. The minimum absolute atomic E-state index is 0.0733. The maximum atomic E-state index is 11.0. The third kappa shape index (κ3) is 2.82. The van der Waals surface area contributed by atoms with Gasteiger partial charge in [-0.1, -0.05) is 11.8 Å². The number of carbonyl (C=O) groups excluding carboxylic acids is 1. The highest BCUT2D eigenvalue weighted by Crippen LogP contribution is 2.39. The molecule has 5 nitrogen and oxygen atoms in total. The number of carbonyl (C=O) groups is 1. The highest BCUT2D eigenvalue weighted by molar-refractivity contribution is 8.13. The molecule has 0 bridgehead atoms. The Labute approximate surface area is 105 Å². The average Bonchev–Trinajstić information content (AvgIpc) is 2.68. The summed E-state index contributed by atoms with van der Waals surface area (Å²) in [7, 11) is 1.58. The molecule has 2 rings (SSSR count). The predicted molar refractivity (Wildman–Crippen MR) is 62.6 cm³/mol. The van der Waals surface area contributed by atoms with Crippen molar-refractivity contribution in [3.63, 3.8) is 0 Å². The molecule has 2 aliphatic rings. The molecule has 0 amide bonds. The van der Waals surface area contributed by atoms with Crippen LogP contribution in [-0.2, 0) is 23.7 Å². The molecule has 6 heteroatoms. The third-order valence-electron chi connectivity index (χ3n) is 2.79. The number of methoxy groups -OCH3 is 1. The molecule has 2 heterocycles. The zero-order chi connectivity index (χ0) is 12.6. The minimum atomic E-state index is -0.616. The molecule has 4 atom stereocenters. The van der Waals surface area contributed by atoms with Gasteiger partial charge >= 0.3 is 0 Å². The normalized spacial score (nSPS) is 39.3. The molecule has 2 aliphatic heterocycles. The lowest BCUT2D eigenvalue weighted by Crippen LogP contribution is -2.31. The van der Waals surface area contributed by atoms with Crippen molar-refractivity contribution in [3.05, 3.63) is 0 Å². The van der Waals surface area contributed by atoms with Crippen molar-refractivity contribution in [1.29, 1.82) is 0 Å². The van der Waals surface area contributed by atoms with Crippen LogP contribution in [0.25, 0.3) is 0 Å². The van der Waals surface area contributed by atoms with Gasteiger partial charge in [0.2, 0.25) is 0 Å². The summed E-state index contributed by atoms with van der Waals surface area (Å²) in [5.74, 6) is -0.0508. The van der Waals surface area contributed by atoms with E-state index in [0.29, 0.717) is 5.75 Å². The van der Waals surface area contributed by atoms with Gasteiger partial charge in [0.05, 0.1) is 6.10 Å². The first-order valence-corrected chi connectivity index (χ1v) is 6.59. The van der Waals surface area contributed by atoms with E-state index in [9.17, 15) is 4.79 Å². The molecule has 17 heavy (non-hydrogen) atoms. The molecule has 0 N–H and O–H groups in total. The summed E-state index contributed by atoms with van der Waals surface area (Å²) in [5.41, 5.74) is 0. The molecular formula is C11H18O5S. The molecule has 98 valence electrons. The highest BCUT2D eigenvalue weighted by Gasteiger charge is 2.55. The van der Waals surface area contributed by atoms with Gasteiger partial charge in [-0.05, 0) is 13.8 Å². The van der Waals surface area contributed by atoms with Crippen LogP contribution in [0.15, 0.2) is 0 Å². The van der Waals surface area contributed by atoms with Gasteiger partial charge in [0.1, 0.15) is 12.2 Å². The lowest BCUT2D eigenvalue weighted by Gasteiger charge is -2.23. The fourth-order valence-corrected chi connectivity index (χ4v) is 2.83. The second-order valence-electron chi connectivity index (χ2n) is 4.65. The van der Waals surface area contributed by atoms with E-state index in [2.05, 4.69) is 0 Å². The van der Waals surface area contributed by atoms with Gasteiger partial charge in [0.15, 0.2) is 17.2 Å². The van der Waals surface area contributed by atoms with Crippen molar-refractivity contribution < 1.29 is 23.7 Å². The molecule has 0 aromatic carbocycles. The van der Waals surface area contributed by atoms with Crippen LogP contribution < -0.4 is 0 Å². The lowest BCUT2D eigenvalue weighted by atomic mass is 10.2. The number of thioether (sulfide) groups is 1. The second-order valence-corrected chi connectivity index (χ2v) is 5.84. The summed E-state index contributed by atoms with van der Waals surface area (Å²) < 4.78 is 22.5. The van der Waals surface area contributed by atoms with Crippen molar-refractivity contribution in [2.75, 3.05) is 12.9 Å². The molecule has 0 saturated carbocycles. The van der Waals surface area contributed by atoms with Crippen LogP contribution >= 0.6 is 11.8 Å². The highest BCUT2D eigenvalue weighted by atomic mass is 32.2. The van der Waals surface area contributed by atoms with Crippen LogP contribution in [0.4, 0.5) is 0 Å². The van der Waals surface area contributed by atoms with E-state index in [-0.39, 0.29) is 23.4 Å². The maximum absolute atomic E-state index is 11.0. The Morgan fingerprint density at radius 1 is 1.35 bits per heavy atom. The summed E-state index contributed by atoms with van der Waals surface area (Å²) in [6.07, 6.45) is -0.964. The first-order chi connectivity index (χ1) is 7.93. The molecule has 2 saturated heterocycles. The van der Waals surface area contributed by atoms with E-state index in [1.165, 1.54) is 11.8 Å². The van der Waals surface area contributed by atoms with Crippen molar-refractivity contribution in [2.24, 2.45) is 0 Å². The predicted octanol–water partition coefficient (Wildman–Crippen LogP) is 1.16. The Bertz CT molecular complexity index is 306. The smallest absolute Gasteiger partial charge is 0.186 e. The molecule has 2 fully saturated rings. The third-order valence-corrected chi connectivity index (χ3v) is 3.69. The summed E-state index contributed by atoms with van der Waals surface area (Å²) >= 11 is 1.24. The summed E-state index contributed by atoms with van der Waals surface area (Å²) in [6, 6.07) is 0. The Kier molecular flexibility index (Phi) is 3.80. The lowest BCUT2D eigenvalue weighted by molar-refractivity contribution is -0.224. The van der Waals surface area contributed by atoms with E-state index in [1.807, 2.05) is 13.8 Å². The van der Waals surface area contributed by atoms with Crippen molar-refractivity contribution in [1.82, 2.24) is 0 Å². The first-order valence-electron chi connectivity index (χ1n) is 5.60. The van der Waals surface area contributed by atoms with Gasteiger partial charge in [-0.2, -0.15) is 0 Å². The number of ether oxygens (including phenoxy) is 4. The summed E-state index contributed by atoms with van der Waals surface area (Å²) in [4.78, 5) is 11.0. The maximum Gasteiger partial charge on any atom is 0.186 e. The Morgan fingerprint density at radius 3 is 2.59 bits per heavy atom. The first kappa shape index (κ1) is 13.3. The number of fused-ring (bicyclic) bond motifs is 1. The molecule has 0 unspecified atom stereocenters.